The number of pyridine rings is 1. The fourth-order valence-electron chi connectivity index (χ4n) is 0.975. The first-order valence-electron chi connectivity index (χ1n) is 4.33. The summed E-state index contributed by atoms with van der Waals surface area (Å²) in [7, 11) is 0. The molecule has 13 heavy (non-hydrogen) atoms. The minimum absolute atomic E-state index is 0.191. The summed E-state index contributed by atoms with van der Waals surface area (Å²) in [5.74, 6) is 0.720. The van der Waals surface area contributed by atoms with E-state index in [0.29, 0.717) is 12.2 Å². The Bertz CT molecular complexity index is 285. The van der Waals surface area contributed by atoms with Crippen LogP contribution in [-0.2, 0) is 0 Å². The molecule has 1 atom stereocenters. The number of nitrogens with zero attached hydrogens (tertiary/aromatic N) is 1. The second-order valence-electron chi connectivity index (χ2n) is 3.17. The standard InChI is InChI=1S/C9H16N4/c1-6-3-4-8(11)9(12-6)13-7(2)5-10/h3-4,7H,5,10-11H2,1-2H3,(H,12,13). The number of nitrogen functional groups attached to an aromatic ring is 1. The number of hydrogen-bond donors (Lipinski definition) is 3. The molecule has 1 aromatic heterocycles. The van der Waals surface area contributed by atoms with Gasteiger partial charge < -0.3 is 16.8 Å². The van der Waals surface area contributed by atoms with E-state index in [1.54, 1.807) is 0 Å². The first-order valence-corrected chi connectivity index (χ1v) is 4.33. The summed E-state index contributed by atoms with van der Waals surface area (Å²) in [6.45, 7) is 4.48. The van der Waals surface area contributed by atoms with Gasteiger partial charge in [-0.3, -0.25) is 0 Å². The summed E-state index contributed by atoms with van der Waals surface area (Å²) in [6, 6.07) is 3.92. The smallest absolute Gasteiger partial charge is 0.149 e. The maximum Gasteiger partial charge on any atom is 0.149 e. The van der Waals surface area contributed by atoms with Crippen LogP contribution in [0.15, 0.2) is 12.1 Å². The van der Waals surface area contributed by atoms with E-state index < -0.39 is 0 Å². The third-order valence-corrected chi connectivity index (χ3v) is 1.80. The molecule has 1 unspecified atom stereocenters. The summed E-state index contributed by atoms with van der Waals surface area (Å²) in [5, 5.41) is 3.14. The maximum atomic E-state index is 5.73. The van der Waals surface area contributed by atoms with Gasteiger partial charge in [-0.25, -0.2) is 4.98 Å². The Balaban J connectivity index is 2.81. The molecule has 0 saturated heterocycles. The van der Waals surface area contributed by atoms with Crippen LogP contribution < -0.4 is 16.8 Å². The summed E-state index contributed by atoms with van der Waals surface area (Å²) >= 11 is 0. The predicted molar refractivity (Wildman–Crippen MR) is 55.5 cm³/mol. The van der Waals surface area contributed by atoms with Crippen LogP contribution in [0.2, 0.25) is 0 Å². The number of rotatable bonds is 3. The first-order chi connectivity index (χ1) is 6.13. The Kier molecular flexibility index (Phi) is 3.08. The molecule has 1 aromatic rings. The zero-order chi connectivity index (χ0) is 9.84. The Labute approximate surface area is 78.3 Å². The molecule has 0 fully saturated rings. The third kappa shape index (κ3) is 2.59. The van der Waals surface area contributed by atoms with E-state index in [0.717, 1.165) is 11.5 Å². The highest BCUT2D eigenvalue weighted by Gasteiger charge is 2.03. The van der Waals surface area contributed by atoms with Crippen molar-refractivity contribution in [1.29, 1.82) is 0 Å². The Morgan fingerprint density at radius 3 is 2.85 bits per heavy atom. The Morgan fingerprint density at radius 2 is 2.23 bits per heavy atom. The van der Waals surface area contributed by atoms with Crippen LogP contribution >= 0.6 is 0 Å². The predicted octanol–water partition coefficient (Wildman–Crippen LogP) is 0.731. The lowest BCUT2D eigenvalue weighted by molar-refractivity contribution is 0.798. The zero-order valence-electron chi connectivity index (χ0n) is 8.04. The number of nitrogens with two attached hydrogens (primary N) is 2. The van der Waals surface area contributed by atoms with E-state index >= 15 is 0 Å². The van der Waals surface area contributed by atoms with Crippen molar-refractivity contribution >= 4 is 11.5 Å². The molecule has 0 bridgehead atoms. The topological polar surface area (TPSA) is 77.0 Å². The van der Waals surface area contributed by atoms with E-state index in [1.807, 2.05) is 26.0 Å². The number of hydrogen-bond acceptors (Lipinski definition) is 4. The van der Waals surface area contributed by atoms with Crippen LogP contribution in [0.4, 0.5) is 11.5 Å². The summed E-state index contributed by atoms with van der Waals surface area (Å²) in [4.78, 5) is 4.27. The molecule has 0 radical (unpaired) electrons. The summed E-state index contributed by atoms with van der Waals surface area (Å²) in [6.07, 6.45) is 0. The van der Waals surface area contributed by atoms with Gasteiger partial charge in [-0.15, -0.1) is 0 Å². The SMILES string of the molecule is Cc1ccc(N)c(NC(C)CN)n1. The third-order valence-electron chi connectivity index (χ3n) is 1.80. The van der Waals surface area contributed by atoms with E-state index in [-0.39, 0.29) is 6.04 Å². The van der Waals surface area contributed by atoms with Crippen molar-refractivity contribution in [2.75, 3.05) is 17.6 Å². The van der Waals surface area contributed by atoms with E-state index in [4.69, 9.17) is 11.5 Å². The highest BCUT2D eigenvalue weighted by Crippen LogP contribution is 2.15. The lowest BCUT2D eigenvalue weighted by Crippen LogP contribution is -2.26. The van der Waals surface area contributed by atoms with Gasteiger partial charge in [0.05, 0.1) is 5.69 Å². The Morgan fingerprint density at radius 1 is 1.54 bits per heavy atom. The van der Waals surface area contributed by atoms with Crippen molar-refractivity contribution in [3.8, 4) is 0 Å². The lowest BCUT2D eigenvalue weighted by Gasteiger charge is -2.13. The van der Waals surface area contributed by atoms with Gasteiger partial charge in [0.25, 0.3) is 0 Å². The minimum Gasteiger partial charge on any atom is -0.396 e. The number of aromatic nitrogens is 1. The molecule has 1 rings (SSSR count). The minimum atomic E-state index is 0.191. The van der Waals surface area contributed by atoms with Crippen molar-refractivity contribution in [3.05, 3.63) is 17.8 Å². The molecule has 1 heterocycles. The monoisotopic (exact) mass is 180 g/mol. The van der Waals surface area contributed by atoms with Crippen molar-refractivity contribution in [2.24, 2.45) is 5.73 Å². The fraction of sp³-hybridized carbons (Fsp3) is 0.444. The van der Waals surface area contributed by atoms with Gasteiger partial charge in [0.1, 0.15) is 5.82 Å². The van der Waals surface area contributed by atoms with Gasteiger partial charge in [-0.1, -0.05) is 0 Å². The van der Waals surface area contributed by atoms with E-state index in [1.165, 1.54) is 0 Å². The molecular formula is C9H16N4. The van der Waals surface area contributed by atoms with Gasteiger partial charge >= 0.3 is 0 Å². The second kappa shape index (κ2) is 4.09. The van der Waals surface area contributed by atoms with Gasteiger partial charge in [-0.05, 0) is 26.0 Å². The van der Waals surface area contributed by atoms with Gasteiger partial charge in [0.2, 0.25) is 0 Å². The Hall–Kier alpha value is -1.29. The van der Waals surface area contributed by atoms with Crippen LogP contribution in [0.5, 0.6) is 0 Å². The van der Waals surface area contributed by atoms with Crippen molar-refractivity contribution in [3.63, 3.8) is 0 Å². The molecular weight excluding hydrogens is 164 g/mol. The zero-order valence-corrected chi connectivity index (χ0v) is 8.04. The van der Waals surface area contributed by atoms with Crippen LogP contribution in [0.3, 0.4) is 0 Å². The van der Waals surface area contributed by atoms with E-state index in [2.05, 4.69) is 10.3 Å². The number of anilines is 2. The van der Waals surface area contributed by atoms with Crippen molar-refractivity contribution < 1.29 is 0 Å². The van der Waals surface area contributed by atoms with Crippen LogP contribution in [0.25, 0.3) is 0 Å². The van der Waals surface area contributed by atoms with Crippen molar-refractivity contribution in [2.45, 2.75) is 19.9 Å². The molecule has 0 aliphatic rings. The van der Waals surface area contributed by atoms with E-state index in [9.17, 15) is 0 Å². The largest absolute Gasteiger partial charge is 0.396 e. The highest BCUT2D eigenvalue weighted by molar-refractivity contribution is 5.61. The molecule has 0 aliphatic carbocycles. The van der Waals surface area contributed by atoms with Crippen LogP contribution in [0.1, 0.15) is 12.6 Å². The average Bonchev–Trinajstić information content (AvgIpc) is 2.11. The van der Waals surface area contributed by atoms with Gasteiger partial charge in [0.15, 0.2) is 0 Å². The average molecular weight is 180 g/mol. The molecule has 4 heteroatoms. The molecule has 0 amide bonds. The lowest BCUT2D eigenvalue weighted by atomic mass is 10.3. The molecule has 0 aromatic carbocycles. The fourth-order valence-corrected chi connectivity index (χ4v) is 0.975. The number of aryl methyl sites for hydroxylation is 1. The van der Waals surface area contributed by atoms with Crippen LogP contribution in [0, 0.1) is 6.92 Å². The molecule has 0 saturated carbocycles. The number of nitrogens with one attached hydrogen (secondary N) is 1. The van der Waals surface area contributed by atoms with Crippen molar-refractivity contribution in [1.82, 2.24) is 4.98 Å². The molecule has 5 N–H and O–H groups in total. The highest BCUT2D eigenvalue weighted by atomic mass is 15.0. The molecule has 0 spiro atoms. The summed E-state index contributed by atoms with van der Waals surface area (Å²) < 4.78 is 0. The quantitative estimate of drug-likeness (QED) is 0.641. The van der Waals surface area contributed by atoms with Gasteiger partial charge in [-0.2, -0.15) is 0 Å². The maximum absolute atomic E-state index is 5.73. The second-order valence-corrected chi connectivity index (χ2v) is 3.17. The first kappa shape index (κ1) is 9.80. The van der Waals surface area contributed by atoms with Gasteiger partial charge in [0, 0.05) is 18.3 Å². The van der Waals surface area contributed by atoms with Crippen LogP contribution in [-0.4, -0.2) is 17.6 Å². The molecule has 0 aliphatic heterocycles. The molecule has 4 nitrogen and oxygen atoms in total. The summed E-state index contributed by atoms with van der Waals surface area (Å²) in [5.41, 5.74) is 12.8. The normalized spacial score (nSPS) is 12.5. The molecule has 72 valence electrons.